The van der Waals surface area contributed by atoms with Gasteiger partial charge >= 0.3 is 0 Å². The van der Waals surface area contributed by atoms with Crippen LogP contribution in [0.5, 0.6) is 0 Å². The summed E-state index contributed by atoms with van der Waals surface area (Å²) in [4.78, 5) is 15.2. The molecule has 5 N–H and O–H groups in total. The Kier molecular flexibility index (Phi) is 3.73. The molecule has 0 saturated carbocycles. The molecule has 0 aliphatic rings. The number of carbonyl (C=O) groups excluding carboxylic acids is 1. The van der Waals surface area contributed by atoms with Gasteiger partial charge in [0.1, 0.15) is 0 Å². The predicted octanol–water partition coefficient (Wildman–Crippen LogP) is 0.504. The summed E-state index contributed by atoms with van der Waals surface area (Å²) in [5.74, 6) is 4.81. The van der Waals surface area contributed by atoms with Crippen LogP contribution < -0.4 is 17.0 Å². The van der Waals surface area contributed by atoms with E-state index < -0.39 is 0 Å². The van der Waals surface area contributed by atoms with Gasteiger partial charge in [-0.1, -0.05) is 11.3 Å². The Morgan fingerprint density at radius 3 is 2.79 bits per heavy atom. The second-order valence-corrected chi connectivity index (χ2v) is 5.33. The lowest BCUT2D eigenvalue weighted by molar-refractivity contribution is -0.120. The van der Waals surface area contributed by atoms with Crippen LogP contribution in [0.3, 0.4) is 0 Å². The molecule has 0 radical (unpaired) electrons. The molecular formula is C7H12N4OS2. The zero-order chi connectivity index (χ0) is 10.7. The number of hydrogen-bond donors (Lipinski definition) is 3. The number of anilines is 1. The van der Waals surface area contributed by atoms with E-state index in [9.17, 15) is 4.79 Å². The average molecular weight is 232 g/mol. The van der Waals surface area contributed by atoms with Crippen LogP contribution in [0.25, 0.3) is 0 Å². The van der Waals surface area contributed by atoms with Gasteiger partial charge in [0, 0.05) is 0 Å². The highest BCUT2D eigenvalue weighted by atomic mass is 32.2. The molecule has 7 heteroatoms. The first-order valence-electron chi connectivity index (χ1n) is 3.94. The number of thiazole rings is 1. The van der Waals surface area contributed by atoms with Crippen molar-refractivity contribution in [3.8, 4) is 0 Å². The van der Waals surface area contributed by atoms with Crippen molar-refractivity contribution in [2.75, 3.05) is 5.73 Å². The maximum Gasteiger partial charge on any atom is 0.247 e. The van der Waals surface area contributed by atoms with Gasteiger partial charge in [0.05, 0.1) is 15.2 Å². The number of hydrogen-bond acceptors (Lipinski definition) is 6. The Balaban J connectivity index is 2.69. The molecule has 1 aromatic heterocycles. The Bertz CT molecular complexity index is 338. The Labute approximate surface area is 90.2 Å². The molecule has 78 valence electrons. The van der Waals surface area contributed by atoms with E-state index in [-0.39, 0.29) is 11.2 Å². The summed E-state index contributed by atoms with van der Waals surface area (Å²) in [5, 5.41) is 0.281. The first-order valence-corrected chi connectivity index (χ1v) is 5.64. The minimum Gasteiger partial charge on any atom is -0.375 e. The van der Waals surface area contributed by atoms with Gasteiger partial charge in [-0.05, 0) is 13.8 Å². The summed E-state index contributed by atoms with van der Waals surface area (Å²) in [5.41, 5.74) is 8.49. The Hall–Kier alpha value is -0.790. The largest absolute Gasteiger partial charge is 0.375 e. The SMILES string of the molecule is Cc1nc(N)sc1SC(C)C(=O)NN. The van der Waals surface area contributed by atoms with E-state index >= 15 is 0 Å². The van der Waals surface area contributed by atoms with Crippen molar-refractivity contribution < 1.29 is 4.79 Å². The van der Waals surface area contributed by atoms with Gasteiger partial charge in [-0.2, -0.15) is 0 Å². The second kappa shape index (κ2) is 4.63. The molecule has 0 fully saturated rings. The molecule has 0 aliphatic heterocycles. The third kappa shape index (κ3) is 2.60. The minimum atomic E-state index is -0.237. The van der Waals surface area contributed by atoms with E-state index in [4.69, 9.17) is 11.6 Å². The summed E-state index contributed by atoms with van der Waals surface area (Å²) in [7, 11) is 0. The van der Waals surface area contributed by atoms with E-state index in [0.717, 1.165) is 9.90 Å². The number of rotatable bonds is 3. The van der Waals surface area contributed by atoms with E-state index in [1.807, 2.05) is 6.92 Å². The maximum atomic E-state index is 11.1. The quantitative estimate of drug-likeness (QED) is 0.305. The summed E-state index contributed by atoms with van der Waals surface area (Å²) in [6, 6.07) is 0. The number of aromatic nitrogens is 1. The molecular weight excluding hydrogens is 220 g/mol. The number of nitrogens with one attached hydrogen (secondary N) is 1. The van der Waals surface area contributed by atoms with Gasteiger partial charge in [-0.25, -0.2) is 10.8 Å². The number of nitrogens with two attached hydrogens (primary N) is 2. The molecule has 5 nitrogen and oxygen atoms in total. The monoisotopic (exact) mass is 232 g/mol. The third-order valence-electron chi connectivity index (χ3n) is 1.57. The zero-order valence-electron chi connectivity index (χ0n) is 7.90. The van der Waals surface area contributed by atoms with Crippen LogP contribution in [0.4, 0.5) is 5.13 Å². The lowest BCUT2D eigenvalue weighted by Crippen LogP contribution is -2.36. The highest BCUT2D eigenvalue weighted by Gasteiger charge is 2.16. The number of carbonyl (C=O) groups is 1. The van der Waals surface area contributed by atoms with Gasteiger partial charge in [-0.15, -0.1) is 11.8 Å². The molecule has 14 heavy (non-hydrogen) atoms. The fourth-order valence-corrected chi connectivity index (χ4v) is 3.00. The normalized spacial score (nSPS) is 12.5. The summed E-state index contributed by atoms with van der Waals surface area (Å²) in [6.07, 6.45) is 0. The van der Waals surface area contributed by atoms with Crippen molar-refractivity contribution in [2.24, 2.45) is 5.84 Å². The molecule has 1 rings (SSSR count). The van der Waals surface area contributed by atoms with Crippen molar-refractivity contribution in [3.63, 3.8) is 0 Å². The molecule has 0 spiro atoms. The molecule has 1 unspecified atom stereocenters. The standard InChI is InChI=1S/C7H12N4OS2/c1-3-6(14-7(8)10-3)13-4(2)5(12)11-9/h4H,9H2,1-2H3,(H2,8,10)(H,11,12). The Morgan fingerprint density at radius 2 is 2.36 bits per heavy atom. The number of thioether (sulfide) groups is 1. The lowest BCUT2D eigenvalue weighted by atomic mass is 10.5. The number of nitrogens with zero attached hydrogens (tertiary/aromatic N) is 1. The predicted molar refractivity (Wildman–Crippen MR) is 58.9 cm³/mol. The third-order valence-corrected chi connectivity index (χ3v) is 3.96. The summed E-state index contributed by atoms with van der Waals surface area (Å²) >= 11 is 2.79. The van der Waals surface area contributed by atoms with Gasteiger partial charge in [-0.3, -0.25) is 10.2 Å². The minimum absolute atomic E-state index is 0.207. The fraction of sp³-hybridized carbons (Fsp3) is 0.429. The van der Waals surface area contributed by atoms with Crippen molar-refractivity contribution in [1.82, 2.24) is 10.4 Å². The number of nitrogen functional groups attached to an aromatic ring is 1. The van der Waals surface area contributed by atoms with Gasteiger partial charge < -0.3 is 5.73 Å². The summed E-state index contributed by atoms with van der Waals surface area (Å²) in [6.45, 7) is 3.64. The number of aryl methyl sites for hydroxylation is 1. The van der Waals surface area contributed by atoms with Crippen LogP contribution >= 0.6 is 23.1 Å². The highest BCUT2D eigenvalue weighted by Crippen LogP contribution is 2.33. The first-order chi connectivity index (χ1) is 6.54. The highest BCUT2D eigenvalue weighted by molar-refractivity contribution is 8.02. The van der Waals surface area contributed by atoms with Crippen LogP contribution in [0, 0.1) is 6.92 Å². The van der Waals surface area contributed by atoms with Crippen LogP contribution in [-0.2, 0) is 4.79 Å². The van der Waals surface area contributed by atoms with E-state index in [2.05, 4.69) is 10.4 Å². The first kappa shape index (κ1) is 11.3. The number of amides is 1. The zero-order valence-corrected chi connectivity index (χ0v) is 9.54. The van der Waals surface area contributed by atoms with Gasteiger partial charge in [0.15, 0.2) is 5.13 Å². The van der Waals surface area contributed by atoms with E-state index in [1.54, 1.807) is 6.92 Å². The van der Waals surface area contributed by atoms with Crippen molar-refractivity contribution in [1.29, 1.82) is 0 Å². The Morgan fingerprint density at radius 1 is 1.71 bits per heavy atom. The molecule has 1 atom stereocenters. The van der Waals surface area contributed by atoms with E-state index in [1.165, 1.54) is 23.1 Å². The topological polar surface area (TPSA) is 94.0 Å². The fourth-order valence-electron chi connectivity index (χ4n) is 0.843. The van der Waals surface area contributed by atoms with Crippen molar-refractivity contribution in [3.05, 3.63) is 5.69 Å². The molecule has 0 saturated heterocycles. The average Bonchev–Trinajstić information content (AvgIpc) is 2.44. The van der Waals surface area contributed by atoms with Crippen LogP contribution in [-0.4, -0.2) is 16.1 Å². The smallest absolute Gasteiger partial charge is 0.247 e. The van der Waals surface area contributed by atoms with Crippen LogP contribution in [0.15, 0.2) is 4.21 Å². The van der Waals surface area contributed by atoms with Crippen molar-refractivity contribution >= 4 is 34.1 Å². The van der Waals surface area contributed by atoms with Crippen molar-refractivity contribution in [2.45, 2.75) is 23.3 Å². The van der Waals surface area contributed by atoms with Crippen LogP contribution in [0.1, 0.15) is 12.6 Å². The number of hydrazine groups is 1. The molecule has 1 heterocycles. The molecule has 0 bridgehead atoms. The lowest BCUT2D eigenvalue weighted by Gasteiger charge is -2.07. The van der Waals surface area contributed by atoms with E-state index in [0.29, 0.717) is 5.13 Å². The second-order valence-electron chi connectivity index (χ2n) is 2.69. The van der Waals surface area contributed by atoms with Gasteiger partial charge in [0.25, 0.3) is 0 Å². The van der Waals surface area contributed by atoms with Crippen LogP contribution in [0.2, 0.25) is 0 Å². The molecule has 1 aromatic rings. The molecule has 0 aliphatic carbocycles. The molecule has 0 aromatic carbocycles. The summed E-state index contributed by atoms with van der Waals surface area (Å²) < 4.78 is 0.957. The molecule has 1 amide bonds. The maximum absolute atomic E-state index is 11.1. The van der Waals surface area contributed by atoms with Gasteiger partial charge in [0.2, 0.25) is 5.91 Å².